The minimum atomic E-state index is -4.76. The van der Waals surface area contributed by atoms with Crippen LogP contribution >= 0.6 is 7.94 Å². The molecule has 2 aromatic heterocycles. The van der Waals surface area contributed by atoms with Crippen LogP contribution in [0.15, 0.2) is 12.7 Å². The number of aromatic nitrogens is 4. The quantitative estimate of drug-likeness (QED) is 0.562. The van der Waals surface area contributed by atoms with Crippen LogP contribution in [0.5, 0.6) is 0 Å². The molecular formula is C11H12N5O6P-2. The molecule has 0 spiro atoms. The summed E-state index contributed by atoms with van der Waals surface area (Å²) in [6.45, 7) is 0.262. The second kappa shape index (κ2) is 5.28. The molecule has 0 radical (unpaired) electrons. The van der Waals surface area contributed by atoms with Crippen LogP contribution in [0.4, 0.5) is 5.82 Å². The van der Waals surface area contributed by atoms with Crippen molar-refractivity contribution in [3.8, 4) is 0 Å². The molecule has 0 amide bonds. The summed E-state index contributed by atoms with van der Waals surface area (Å²) < 4.78 is 18.2. The zero-order chi connectivity index (χ0) is 16.2. The van der Waals surface area contributed by atoms with Gasteiger partial charge in [-0.25, -0.2) is 15.0 Å². The van der Waals surface area contributed by atoms with Crippen LogP contribution in [0.3, 0.4) is 0 Å². The van der Waals surface area contributed by atoms with Gasteiger partial charge in [-0.05, 0) is 0 Å². The first-order valence-corrected chi connectivity index (χ1v) is 8.49. The molecule has 4 atom stereocenters. The van der Waals surface area contributed by atoms with Crippen molar-refractivity contribution in [3.05, 3.63) is 12.7 Å². The molecule has 2 aliphatic rings. The zero-order valence-electron chi connectivity index (χ0n) is 11.6. The van der Waals surface area contributed by atoms with Crippen LogP contribution in [-0.2, 0) is 14.2 Å². The highest BCUT2D eigenvalue weighted by Crippen LogP contribution is 2.42. The molecule has 2 aliphatic heterocycles. The third-order valence-corrected chi connectivity index (χ3v) is 4.29. The molecule has 11 nitrogen and oxygen atoms in total. The van der Waals surface area contributed by atoms with Crippen molar-refractivity contribution in [3.63, 3.8) is 0 Å². The average molecular weight is 341 g/mol. The van der Waals surface area contributed by atoms with E-state index in [0.29, 0.717) is 11.2 Å². The normalized spacial score (nSPS) is 30.4. The molecular weight excluding hydrogens is 329 g/mol. The summed E-state index contributed by atoms with van der Waals surface area (Å²) in [5.41, 5.74) is 6.64. The summed E-state index contributed by atoms with van der Waals surface area (Å²) >= 11 is 0. The van der Waals surface area contributed by atoms with Gasteiger partial charge in [-0.15, -0.1) is 7.94 Å². The number of hydrogen-bond donors (Lipinski definition) is 1. The molecule has 0 unspecified atom stereocenters. The Balaban J connectivity index is 1.60. The standard InChI is InChI=1S/C11H14N5O6P/c12-9-6-10(14-2-13-9)16(3-15-6)11-8-7(5(22-11)1-20-8)21-4-23(17,18)19/h2-3,5,7-8,11H,1,4H2,(H2,12,13,14)(H2,17,18,19)/p-2/t5-,7-,8+,11+/m0/s1. The van der Waals surface area contributed by atoms with Crippen molar-refractivity contribution >= 4 is 24.9 Å². The van der Waals surface area contributed by atoms with Gasteiger partial charge < -0.3 is 34.6 Å². The third kappa shape index (κ3) is 2.56. The molecule has 2 bridgehead atoms. The number of imidazole rings is 1. The number of fused-ring (bicyclic) bond motifs is 3. The van der Waals surface area contributed by atoms with Gasteiger partial charge in [0, 0.05) is 0 Å². The summed E-state index contributed by atoms with van der Waals surface area (Å²) in [6, 6.07) is 0. The van der Waals surface area contributed by atoms with Crippen molar-refractivity contribution in [2.24, 2.45) is 0 Å². The lowest BCUT2D eigenvalue weighted by Crippen LogP contribution is -2.39. The Bertz CT molecular complexity index is 735. The zero-order valence-corrected chi connectivity index (χ0v) is 12.5. The van der Waals surface area contributed by atoms with Crippen LogP contribution in [0.25, 0.3) is 11.2 Å². The van der Waals surface area contributed by atoms with Gasteiger partial charge >= 0.3 is 0 Å². The molecule has 2 N–H and O–H groups in total. The molecule has 12 heteroatoms. The van der Waals surface area contributed by atoms with E-state index in [0.717, 1.165) is 0 Å². The maximum Gasteiger partial charge on any atom is 0.167 e. The van der Waals surface area contributed by atoms with Gasteiger partial charge in [0.25, 0.3) is 0 Å². The molecule has 0 saturated carbocycles. The van der Waals surface area contributed by atoms with Gasteiger partial charge in [0.2, 0.25) is 0 Å². The SMILES string of the molecule is Nc1ncnc2c1ncn2[C@@H]1O[C@H]2CO[C@@H]1[C@H]2OC[P+]([O-])([O-])[O-]. The van der Waals surface area contributed by atoms with Crippen LogP contribution in [0, 0.1) is 0 Å². The lowest BCUT2D eigenvalue weighted by molar-refractivity contribution is -0.432. The number of rotatable bonds is 4. The van der Waals surface area contributed by atoms with Gasteiger partial charge in [-0.3, -0.25) is 4.57 Å². The van der Waals surface area contributed by atoms with E-state index >= 15 is 0 Å². The van der Waals surface area contributed by atoms with Gasteiger partial charge in [0.15, 0.2) is 17.7 Å². The minimum Gasteiger partial charge on any atom is -0.686 e. The van der Waals surface area contributed by atoms with E-state index < -0.39 is 38.8 Å². The average Bonchev–Trinajstić information content (AvgIpc) is 3.16. The number of ether oxygens (including phenoxy) is 3. The third-order valence-electron chi connectivity index (χ3n) is 3.82. The summed E-state index contributed by atoms with van der Waals surface area (Å²) in [7, 11) is -4.76. The summed E-state index contributed by atoms with van der Waals surface area (Å²) in [5.74, 6) is 0.240. The fourth-order valence-corrected chi connectivity index (χ4v) is 3.24. The number of hydrogen-bond acceptors (Lipinski definition) is 10. The van der Waals surface area contributed by atoms with Crippen molar-refractivity contribution in [1.29, 1.82) is 0 Å². The fraction of sp³-hybridized carbons (Fsp3) is 0.545. The molecule has 0 aliphatic carbocycles. The Morgan fingerprint density at radius 1 is 1.35 bits per heavy atom. The lowest BCUT2D eigenvalue weighted by atomic mass is 10.2. The molecule has 2 fully saturated rings. The van der Waals surface area contributed by atoms with E-state index in [-0.39, 0.29) is 12.4 Å². The van der Waals surface area contributed by atoms with Crippen LogP contribution in [-0.4, -0.2) is 50.8 Å². The minimum absolute atomic E-state index is 0.240. The Labute approximate surface area is 130 Å². The first-order valence-electron chi connectivity index (χ1n) is 6.77. The smallest absolute Gasteiger partial charge is 0.167 e. The second-order valence-corrected chi connectivity index (χ2v) is 6.80. The molecule has 2 saturated heterocycles. The van der Waals surface area contributed by atoms with Gasteiger partial charge in [0.05, 0.1) is 12.9 Å². The Hall–Kier alpha value is -1.46. The van der Waals surface area contributed by atoms with E-state index in [1.54, 1.807) is 4.57 Å². The van der Waals surface area contributed by atoms with Crippen molar-refractivity contribution in [2.45, 2.75) is 24.5 Å². The summed E-state index contributed by atoms with van der Waals surface area (Å²) in [6.07, 6.45) is -0.377. The fourth-order valence-electron chi connectivity index (χ4n) is 2.88. The van der Waals surface area contributed by atoms with E-state index in [4.69, 9.17) is 19.9 Å². The predicted molar refractivity (Wildman–Crippen MR) is 70.0 cm³/mol. The molecule has 4 heterocycles. The topological polar surface area (TPSA) is 166 Å². The monoisotopic (exact) mass is 341 g/mol. The van der Waals surface area contributed by atoms with Crippen molar-refractivity contribution in [1.82, 2.24) is 19.5 Å². The van der Waals surface area contributed by atoms with E-state index in [1.165, 1.54) is 12.7 Å². The number of nitrogen functional groups attached to an aromatic ring is 1. The van der Waals surface area contributed by atoms with Gasteiger partial charge in [0.1, 0.15) is 36.5 Å². The van der Waals surface area contributed by atoms with Crippen LogP contribution in [0.2, 0.25) is 0 Å². The first kappa shape index (κ1) is 15.1. The molecule has 23 heavy (non-hydrogen) atoms. The predicted octanol–water partition coefficient (Wildman–Crippen LogP) is -3.11. The molecule has 0 aromatic carbocycles. The summed E-state index contributed by atoms with van der Waals surface area (Å²) in [5, 5.41) is 0. The van der Waals surface area contributed by atoms with Gasteiger partial charge in [-0.2, -0.15) is 0 Å². The largest absolute Gasteiger partial charge is 0.686 e. The number of anilines is 1. The Morgan fingerprint density at radius 3 is 2.96 bits per heavy atom. The molecule has 2 aromatic rings. The Kier molecular flexibility index (Phi) is 3.46. The van der Waals surface area contributed by atoms with E-state index in [9.17, 15) is 14.7 Å². The molecule has 4 rings (SSSR count). The van der Waals surface area contributed by atoms with E-state index in [2.05, 4.69) is 15.0 Å². The first-order chi connectivity index (χ1) is 10.9. The van der Waals surface area contributed by atoms with Crippen LogP contribution < -0.4 is 20.4 Å². The Morgan fingerprint density at radius 2 is 2.17 bits per heavy atom. The van der Waals surface area contributed by atoms with Crippen molar-refractivity contribution < 1.29 is 28.9 Å². The highest BCUT2D eigenvalue weighted by Gasteiger charge is 2.53. The highest BCUT2D eigenvalue weighted by atomic mass is 31.2. The number of nitrogens with zero attached hydrogens (tertiary/aromatic N) is 4. The summed E-state index contributed by atoms with van der Waals surface area (Å²) in [4.78, 5) is 44.4. The van der Waals surface area contributed by atoms with E-state index in [1.807, 2.05) is 0 Å². The maximum atomic E-state index is 10.8. The highest BCUT2D eigenvalue weighted by molar-refractivity contribution is 7.53. The lowest BCUT2D eigenvalue weighted by Gasteiger charge is -2.41. The van der Waals surface area contributed by atoms with Crippen LogP contribution in [0.1, 0.15) is 6.23 Å². The van der Waals surface area contributed by atoms with Gasteiger partial charge in [-0.1, -0.05) is 0 Å². The van der Waals surface area contributed by atoms with Crippen molar-refractivity contribution in [2.75, 3.05) is 18.7 Å². The second-order valence-electron chi connectivity index (χ2n) is 5.32. The maximum absolute atomic E-state index is 10.8. The molecule has 124 valence electrons. The number of nitrogens with two attached hydrogens (primary N) is 1.